The fraction of sp³-hybridized carbons (Fsp3) is 0.179. The Morgan fingerprint density at radius 2 is 1.11 bits per heavy atom. The van der Waals surface area contributed by atoms with Gasteiger partial charge in [0.05, 0.1) is 33.4 Å². The van der Waals surface area contributed by atoms with Gasteiger partial charge in [-0.1, -0.05) is 212 Å². The Hall–Kier alpha value is -9.32. The number of pyridine rings is 1. The van der Waals surface area contributed by atoms with Gasteiger partial charge >= 0.3 is 0 Å². The van der Waals surface area contributed by atoms with Crippen LogP contribution in [0.4, 0.5) is 0 Å². The number of nitrogens with zero attached hydrogens (tertiary/aromatic N) is 4. The zero-order chi connectivity index (χ0) is 55.9. The highest BCUT2D eigenvalue weighted by Gasteiger charge is 2.82. The van der Waals surface area contributed by atoms with E-state index in [0.717, 1.165) is 67.3 Å². The van der Waals surface area contributed by atoms with E-state index in [9.17, 15) is 0 Å². The van der Waals surface area contributed by atoms with Crippen LogP contribution >= 0.6 is 0 Å². The molecule has 12 aromatic rings. The molecule has 4 aliphatic carbocycles. The van der Waals surface area contributed by atoms with Gasteiger partial charge in [0, 0.05) is 44.7 Å². The molecule has 6 unspecified atom stereocenters. The largest absolute Gasteiger partial charge is 0.458 e. The molecule has 5 nitrogen and oxygen atoms in total. The third-order valence-corrected chi connectivity index (χ3v) is 21.5. The second kappa shape index (κ2) is 16.7. The van der Waals surface area contributed by atoms with Crippen molar-refractivity contribution in [2.75, 3.05) is 0 Å². The summed E-state index contributed by atoms with van der Waals surface area (Å²) in [6.07, 6.45) is 15.5. The molecular weight excluding hydrogens is 1010 g/mol. The van der Waals surface area contributed by atoms with Crippen LogP contribution in [0.25, 0.3) is 94.5 Å². The molecule has 5 aliphatic rings. The predicted octanol–water partition coefficient (Wildman–Crippen LogP) is 18.5. The van der Waals surface area contributed by atoms with Crippen molar-refractivity contribution in [2.24, 2.45) is 17.3 Å². The smallest absolute Gasteiger partial charge is 0.269 e. The van der Waals surface area contributed by atoms with Crippen molar-refractivity contribution in [1.29, 1.82) is 0 Å². The van der Waals surface area contributed by atoms with Crippen LogP contribution in [-0.2, 0) is 21.7 Å². The van der Waals surface area contributed by atoms with Gasteiger partial charge in [-0.3, -0.25) is 13.7 Å². The Bertz CT molecular complexity index is 4870. The first-order chi connectivity index (χ1) is 40.3. The van der Waals surface area contributed by atoms with Crippen LogP contribution in [0.5, 0.6) is 11.5 Å². The van der Waals surface area contributed by atoms with Gasteiger partial charge in [0.15, 0.2) is 0 Å². The lowest BCUT2D eigenvalue weighted by atomic mass is 9.52. The molecule has 0 spiro atoms. The summed E-state index contributed by atoms with van der Waals surface area (Å²) in [5.41, 5.74) is 22.7. The average molecular weight is 1070 g/mol. The van der Waals surface area contributed by atoms with Crippen LogP contribution in [0.3, 0.4) is 0 Å². The minimum atomic E-state index is -0.145. The molecule has 1 aliphatic heterocycles. The first-order valence-electron chi connectivity index (χ1n) is 29.5. The summed E-state index contributed by atoms with van der Waals surface area (Å²) in [7, 11) is 0. The van der Waals surface area contributed by atoms with Gasteiger partial charge in [-0.2, -0.15) is 0 Å². The van der Waals surface area contributed by atoms with E-state index < -0.39 is 0 Å². The van der Waals surface area contributed by atoms with Crippen molar-refractivity contribution in [3.63, 3.8) is 0 Å². The number of allylic oxidation sites excluding steroid dienone is 4. The number of ether oxygens (including phenoxy) is 1. The second-order valence-electron chi connectivity index (χ2n) is 25.8. The molecule has 1 saturated carbocycles. The molecule has 9 aromatic carbocycles. The monoisotopic (exact) mass is 1070 g/mol. The van der Waals surface area contributed by atoms with Crippen molar-refractivity contribution in [3.05, 3.63) is 271 Å². The van der Waals surface area contributed by atoms with E-state index >= 15 is 0 Å². The number of hydrogen-bond acceptors (Lipinski definition) is 2. The predicted molar refractivity (Wildman–Crippen MR) is 337 cm³/mol. The maximum Gasteiger partial charge on any atom is 0.269 e. The van der Waals surface area contributed by atoms with E-state index in [0.29, 0.717) is 11.8 Å². The molecule has 0 saturated heterocycles. The molecule has 0 amide bonds. The fourth-order valence-electron chi connectivity index (χ4n) is 17.4. The quantitative estimate of drug-likeness (QED) is 0.127. The Kier molecular flexibility index (Phi) is 9.72. The van der Waals surface area contributed by atoms with Crippen LogP contribution in [-0.4, -0.2) is 14.1 Å². The highest BCUT2D eigenvalue weighted by Crippen LogP contribution is 2.84. The molecule has 5 heteroatoms. The summed E-state index contributed by atoms with van der Waals surface area (Å²) in [5.74, 6) is 3.14. The van der Waals surface area contributed by atoms with Gasteiger partial charge < -0.3 is 4.74 Å². The van der Waals surface area contributed by atoms with E-state index in [2.05, 4.69) is 293 Å². The van der Waals surface area contributed by atoms with Crippen molar-refractivity contribution >= 4 is 32.8 Å². The van der Waals surface area contributed by atoms with Gasteiger partial charge in [0.2, 0.25) is 0 Å². The SMILES string of the molecule is CC(C)(C)c1ccnc(-n2c3ccc(-c4ccc5c(c4)C4(C)C6C=CC=CC6C6(C)c7ccccc7C5(C)C64C)cc3c3ccc(Oc4cccc(-n5[c-][n+]6c7c(cccc75)-c5ccccc5-c5ccccc5-c5ccccc5-6)c4)cc32)c1. The van der Waals surface area contributed by atoms with Crippen LogP contribution in [0.1, 0.15) is 76.3 Å². The van der Waals surface area contributed by atoms with E-state index in [4.69, 9.17) is 9.72 Å². The van der Waals surface area contributed by atoms with Crippen molar-refractivity contribution in [1.82, 2.24) is 14.1 Å². The van der Waals surface area contributed by atoms with Gasteiger partial charge in [-0.05, 0) is 150 Å². The van der Waals surface area contributed by atoms with E-state index in [1.165, 1.54) is 66.6 Å². The molecule has 4 heterocycles. The van der Waals surface area contributed by atoms with E-state index in [1.54, 1.807) is 0 Å². The number of hydrogen-bond donors (Lipinski definition) is 0. The number of aromatic nitrogens is 4. The van der Waals surface area contributed by atoms with Gasteiger partial charge in [0.25, 0.3) is 6.33 Å². The lowest BCUT2D eigenvalue weighted by molar-refractivity contribution is -0.571. The van der Waals surface area contributed by atoms with Gasteiger partial charge in [-0.15, -0.1) is 0 Å². The first kappa shape index (κ1) is 48.4. The van der Waals surface area contributed by atoms with Crippen molar-refractivity contribution in [2.45, 2.75) is 70.1 Å². The highest BCUT2D eigenvalue weighted by molar-refractivity contribution is 6.11. The van der Waals surface area contributed by atoms with Gasteiger partial charge in [0.1, 0.15) is 17.3 Å². The lowest BCUT2D eigenvalue weighted by Gasteiger charge is -2.50. The number of fused-ring (bicyclic) bond motifs is 19. The van der Waals surface area contributed by atoms with E-state index in [-0.39, 0.29) is 27.1 Å². The summed E-state index contributed by atoms with van der Waals surface area (Å²) in [5, 5.41) is 2.32. The van der Waals surface area contributed by atoms with Crippen LogP contribution < -0.4 is 9.30 Å². The summed E-state index contributed by atoms with van der Waals surface area (Å²) < 4.78 is 13.8. The molecule has 0 bridgehead atoms. The molecule has 400 valence electrons. The average Bonchev–Trinajstić information content (AvgIpc) is 1.47. The molecule has 17 rings (SSSR count). The Morgan fingerprint density at radius 3 is 1.87 bits per heavy atom. The zero-order valence-electron chi connectivity index (χ0n) is 47.9. The van der Waals surface area contributed by atoms with Crippen LogP contribution in [0.2, 0.25) is 0 Å². The molecule has 1 fully saturated rings. The van der Waals surface area contributed by atoms with Crippen LogP contribution in [0, 0.1) is 23.6 Å². The molecule has 83 heavy (non-hydrogen) atoms. The Labute approximate surface area is 485 Å². The number of para-hydroxylation sites is 2. The Morgan fingerprint density at radius 1 is 0.494 bits per heavy atom. The maximum absolute atomic E-state index is 7.00. The molecule has 0 radical (unpaired) electrons. The highest BCUT2D eigenvalue weighted by atomic mass is 16.5. The Balaban J connectivity index is 0.791. The zero-order valence-corrected chi connectivity index (χ0v) is 47.9. The van der Waals surface area contributed by atoms with Crippen molar-refractivity contribution in [3.8, 4) is 73.2 Å². The third kappa shape index (κ3) is 6.11. The summed E-state index contributed by atoms with van der Waals surface area (Å²) >= 11 is 0. The normalized spacial score (nSPS) is 23.0. The topological polar surface area (TPSA) is 35.9 Å². The van der Waals surface area contributed by atoms with Gasteiger partial charge in [-0.25, -0.2) is 4.98 Å². The molecule has 0 N–H and O–H groups in total. The molecule has 3 aromatic heterocycles. The fourth-order valence-corrected chi connectivity index (χ4v) is 17.4. The molecular formula is C78H62N4O. The summed E-state index contributed by atoms with van der Waals surface area (Å²) in [6, 6.07) is 76.2. The van der Waals surface area contributed by atoms with Crippen LogP contribution in [0.15, 0.2) is 237 Å². The maximum atomic E-state index is 7.00. The molecule has 6 atom stereocenters. The third-order valence-electron chi connectivity index (χ3n) is 21.5. The van der Waals surface area contributed by atoms with Crippen molar-refractivity contribution < 1.29 is 9.30 Å². The minimum Gasteiger partial charge on any atom is -0.458 e. The first-order valence-corrected chi connectivity index (χ1v) is 29.5. The summed E-state index contributed by atoms with van der Waals surface area (Å²) in [6.45, 7) is 17.2. The summed E-state index contributed by atoms with van der Waals surface area (Å²) in [4.78, 5) is 5.10. The van der Waals surface area contributed by atoms with E-state index in [1.807, 2.05) is 12.3 Å². The minimum absolute atomic E-state index is 0.0351. The number of rotatable bonds is 5. The standard InChI is InChI=1S/C78H62N4O/c1-74(2,3)50-40-41-79-72(44-50)82-69-39-35-48(49-34-38-66-67(43-49)77(6)65-31-16-15-30-64(65)75(4)62-28-13-14-29-63(62)76(66,5)78(75,77)7)42-61(69)59-37-36-53(46-71(59)82)83-52-21-18-20-51(45-52)80-47-81-68-32-17-12-26-58(68)56-24-10-8-22-54(56)55-23-9-11-25-57(55)60-27-19-33-70(80)73(60)81/h8-46,64-65H,1-7H3. The number of imidazole rings is 1. The second-order valence-corrected chi connectivity index (χ2v) is 25.8. The number of benzene rings is 9. The lowest BCUT2D eigenvalue weighted by Crippen LogP contribution is -2.51.